The molecule has 7 nitrogen and oxygen atoms in total. The minimum absolute atomic E-state index is 0.316. The van der Waals surface area contributed by atoms with Crippen molar-refractivity contribution in [3.8, 4) is 5.75 Å². The number of amides is 2. The molecule has 2 fully saturated rings. The zero-order valence-corrected chi connectivity index (χ0v) is 19.4. The molecule has 1 N–H and O–H groups in total. The highest BCUT2D eigenvalue weighted by atomic mass is 19.1. The van der Waals surface area contributed by atoms with Gasteiger partial charge in [-0.3, -0.25) is 19.7 Å². The maximum absolute atomic E-state index is 14.0. The average molecular weight is 492 g/mol. The summed E-state index contributed by atoms with van der Waals surface area (Å²) < 4.78 is 37.9. The minimum Gasteiger partial charge on any atom is -0.497 e. The highest BCUT2D eigenvalue weighted by molar-refractivity contribution is 6.24. The SMILES string of the molecule is COC(=O)[C@@H]1NC(c2ccc(F)cc2)(c2ccc(F)cc2)[C@@H]2C(=O)N(c3ccc(OC)cc3)C(=O)[C@@H]21. The molecule has 3 atom stereocenters. The van der Waals surface area contributed by atoms with Crippen LogP contribution < -0.4 is 15.0 Å². The Morgan fingerprint density at radius 1 is 0.833 bits per heavy atom. The Hall–Kier alpha value is -4.11. The van der Waals surface area contributed by atoms with Crippen molar-refractivity contribution in [2.45, 2.75) is 11.6 Å². The Morgan fingerprint density at radius 3 is 1.83 bits per heavy atom. The van der Waals surface area contributed by atoms with E-state index < -0.39 is 52.8 Å². The van der Waals surface area contributed by atoms with Gasteiger partial charge in [0.1, 0.15) is 23.4 Å². The van der Waals surface area contributed by atoms with E-state index in [1.54, 1.807) is 24.3 Å². The fourth-order valence-electron chi connectivity index (χ4n) is 5.34. The molecule has 2 aliphatic heterocycles. The number of carbonyl (C=O) groups is 3. The highest BCUT2D eigenvalue weighted by Gasteiger charge is 2.68. The molecule has 5 rings (SSSR count). The number of fused-ring (bicyclic) bond motifs is 1. The largest absolute Gasteiger partial charge is 0.497 e. The minimum atomic E-state index is -1.45. The Bertz CT molecular complexity index is 1280. The van der Waals surface area contributed by atoms with Crippen molar-refractivity contribution in [3.63, 3.8) is 0 Å². The highest BCUT2D eigenvalue weighted by Crippen LogP contribution is 2.52. The zero-order valence-electron chi connectivity index (χ0n) is 19.4. The average Bonchev–Trinajstić information content (AvgIpc) is 3.39. The van der Waals surface area contributed by atoms with Gasteiger partial charge in [0.05, 0.1) is 37.3 Å². The number of esters is 1. The summed E-state index contributed by atoms with van der Waals surface area (Å²) in [6.45, 7) is 0. The smallest absolute Gasteiger partial charge is 0.323 e. The molecule has 2 saturated heterocycles. The van der Waals surface area contributed by atoms with Crippen molar-refractivity contribution in [2.24, 2.45) is 11.8 Å². The first kappa shape index (κ1) is 23.6. The number of hydrogen-bond donors (Lipinski definition) is 1. The van der Waals surface area contributed by atoms with Gasteiger partial charge in [0.25, 0.3) is 0 Å². The predicted octanol–water partition coefficient (Wildman–Crippen LogP) is 3.17. The third-order valence-corrected chi connectivity index (χ3v) is 6.94. The van der Waals surface area contributed by atoms with Gasteiger partial charge in [0.15, 0.2) is 0 Å². The van der Waals surface area contributed by atoms with Crippen LogP contribution in [0.2, 0.25) is 0 Å². The number of rotatable bonds is 5. The summed E-state index contributed by atoms with van der Waals surface area (Å²) in [5, 5.41) is 3.17. The zero-order chi connectivity index (χ0) is 25.6. The number of hydrogen-bond acceptors (Lipinski definition) is 6. The lowest BCUT2D eigenvalue weighted by Gasteiger charge is -2.36. The molecule has 0 bridgehead atoms. The fraction of sp³-hybridized carbons (Fsp3) is 0.222. The van der Waals surface area contributed by atoms with Crippen LogP contribution in [0.3, 0.4) is 0 Å². The Kier molecular flexibility index (Phi) is 5.80. The molecular formula is C27H22F2N2O5. The molecule has 0 saturated carbocycles. The Labute approximate surface area is 205 Å². The second kappa shape index (κ2) is 8.83. The van der Waals surface area contributed by atoms with Gasteiger partial charge in [-0.2, -0.15) is 0 Å². The van der Waals surface area contributed by atoms with Gasteiger partial charge in [-0.1, -0.05) is 24.3 Å². The number of ether oxygens (including phenoxy) is 2. The Morgan fingerprint density at radius 2 is 1.36 bits per heavy atom. The maximum Gasteiger partial charge on any atom is 0.323 e. The lowest BCUT2D eigenvalue weighted by Crippen LogP contribution is -2.52. The van der Waals surface area contributed by atoms with E-state index in [4.69, 9.17) is 9.47 Å². The van der Waals surface area contributed by atoms with Crippen LogP contribution in [0.25, 0.3) is 0 Å². The molecular weight excluding hydrogens is 470 g/mol. The van der Waals surface area contributed by atoms with Gasteiger partial charge in [-0.15, -0.1) is 0 Å². The van der Waals surface area contributed by atoms with Gasteiger partial charge in [-0.25, -0.2) is 13.7 Å². The van der Waals surface area contributed by atoms with Crippen LogP contribution in [0.5, 0.6) is 5.75 Å². The third kappa shape index (κ3) is 3.46. The number of anilines is 1. The standard InChI is InChI=1S/C27H22F2N2O5/c1-35-20-13-11-19(12-14-20)31-24(32)21-22(25(31)33)27(30-23(21)26(34)36-2,15-3-7-17(28)8-4-15)16-5-9-18(29)10-6-16/h3-14,21-23,30H,1-2H3/t21-,22-,23+/m0/s1. The summed E-state index contributed by atoms with van der Waals surface area (Å²) in [5.74, 6) is -4.55. The van der Waals surface area contributed by atoms with E-state index in [0.717, 1.165) is 4.90 Å². The van der Waals surface area contributed by atoms with Gasteiger partial charge >= 0.3 is 5.97 Å². The van der Waals surface area contributed by atoms with Crippen LogP contribution in [0.4, 0.5) is 14.5 Å². The van der Waals surface area contributed by atoms with Crippen LogP contribution >= 0.6 is 0 Å². The number of nitrogens with zero attached hydrogens (tertiary/aromatic N) is 1. The lowest BCUT2D eigenvalue weighted by molar-refractivity contribution is -0.145. The molecule has 3 aromatic rings. The Balaban J connectivity index is 1.73. The fourth-order valence-corrected chi connectivity index (χ4v) is 5.34. The molecule has 0 unspecified atom stereocenters. The molecule has 184 valence electrons. The van der Waals surface area contributed by atoms with Gasteiger partial charge in [0.2, 0.25) is 11.8 Å². The second-order valence-electron chi connectivity index (χ2n) is 8.68. The van der Waals surface area contributed by atoms with Crippen LogP contribution in [0.1, 0.15) is 11.1 Å². The number of nitrogens with one attached hydrogen (secondary N) is 1. The molecule has 2 amide bonds. The van der Waals surface area contributed by atoms with E-state index in [1.807, 2.05) is 0 Å². The molecule has 0 radical (unpaired) electrons. The van der Waals surface area contributed by atoms with E-state index >= 15 is 0 Å². The van der Waals surface area contributed by atoms with Crippen LogP contribution in [-0.2, 0) is 24.7 Å². The summed E-state index contributed by atoms with van der Waals surface area (Å²) in [5.41, 5.74) is -0.251. The van der Waals surface area contributed by atoms with Crippen molar-refractivity contribution in [3.05, 3.63) is 95.6 Å². The number of benzene rings is 3. The molecule has 0 spiro atoms. The summed E-state index contributed by atoms with van der Waals surface area (Å²) in [6.07, 6.45) is 0. The predicted molar refractivity (Wildman–Crippen MR) is 125 cm³/mol. The summed E-state index contributed by atoms with van der Waals surface area (Å²) in [7, 11) is 2.69. The van der Waals surface area contributed by atoms with E-state index in [1.165, 1.54) is 62.8 Å². The van der Waals surface area contributed by atoms with Crippen molar-refractivity contribution < 1.29 is 32.6 Å². The molecule has 3 aromatic carbocycles. The van der Waals surface area contributed by atoms with Crippen LogP contribution in [0, 0.1) is 23.5 Å². The monoisotopic (exact) mass is 492 g/mol. The molecule has 0 aliphatic carbocycles. The molecule has 0 aromatic heterocycles. The molecule has 9 heteroatoms. The van der Waals surface area contributed by atoms with Crippen molar-refractivity contribution >= 4 is 23.5 Å². The summed E-state index contributed by atoms with van der Waals surface area (Å²) >= 11 is 0. The first-order valence-electron chi connectivity index (χ1n) is 11.2. The number of halogens is 2. The summed E-state index contributed by atoms with van der Waals surface area (Å²) in [4.78, 5) is 41.7. The van der Waals surface area contributed by atoms with Crippen molar-refractivity contribution in [1.29, 1.82) is 0 Å². The van der Waals surface area contributed by atoms with E-state index in [0.29, 0.717) is 22.6 Å². The number of imide groups is 1. The van der Waals surface area contributed by atoms with Crippen LogP contribution in [-0.4, -0.2) is 38.0 Å². The van der Waals surface area contributed by atoms with E-state index in [-0.39, 0.29) is 0 Å². The first-order chi connectivity index (χ1) is 17.3. The third-order valence-electron chi connectivity index (χ3n) is 6.94. The number of carbonyl (C=O) groups excluding carboxylic acids is 3. The van der Waals surface area contributed by atoms with Gasteiger partial charge < -0.3 is 9.47 Å². The topological polar surface area (TPSA) is 84.9 Å². The van der Waals surface area contributed by atoms with E-state index in [9.17, 15) is 23.2 Å². The van der Waals surface area contributed by atoms with Gasteiger partial charge in [-0.05, 0) is 59.7 Å². The van der Waals surface area contributed by atoms with Gasteiger partial charge in [0, 0.05) is 0 Å². The maximum atomic E-state index is 14.0. The van der Waals surface area contributed by atoms with Crippen molar-refractivity contribution in [2.75, 3.05) is 19.1 Å². The molecule has 2 heterocycles. The second-order valence-corrected chi connectivity index (χ2v) is 8.68. The molecule has 36 heavy (non-hydrogen) atoms. The molecule has 2 aliphatic rings. The number of methoxy groups -OCH3 is 2. The van der Waals surface area contributed by atoms with Crippen LogP contribution in [0.15, 0.2) is 72.8 Å². The lowest BCUT2D eigenvalue weighted by atomic mass is 9.71. The quantitative estimate of drug-likeness (QED) is 0.435. The van der Waals surface area contributed by atoms with E-state index in [2.05, 4.69) is 5.32 Å². The summed E-state index contributed by atoms with van der Waals surface area (Å²) in [6, 6.07) is 16.0. The first-order valence-corrected chi connectivity index (χ1v) is 11.2. The van der Waals surface area contributed by atoms with Crippen molar-refractivity contribution in [1.82, 2.24) is 5.32 Å². The normalized spacial score (nSPS) is 22.4.